The average molecular weight is 379 g/mol. The molecule has 25 heavy (non-hydrogen) atoms. The smallest absolute Gasteiger partial charge is 0.248 e. The van der Waals surface area contributed by atoms with Gasteiger partial charge in [-0.05, 0) is 12.3 Å². The molecular formula is C15H29N3O6S. The van der Waals surface area contributed by atoms with E-state index in [1.807, 2.05) is 13.8 Å². The minimum absolute atomic E-state index is 0.0209. The maximum atomic E-state index is 12.9. The summed E-state index contributed by atoms with van der Waals surface area (Å²) in [6.07, 6.45) is 1.53. The van der Waals surface area contributed by atoms with Crippen molar-refractivity contribution < 1.29 is 28.0 Å². The molecule has 0 bridgehead atoms. The van der Waals surface area contributed by atoms with Crippen LogP contribution in [0.5, 0.6) is 0 Å². The lowest BCUT2D eigenvalue weighted by Crippen LogP contribution is -2.50. The zero-order valence-electron chi connectivity index (χ0n) is 15.0. The molecule has 0 aromatic heterocycles. The van der Waals surface area contributed by atoms with E-state index in [0.29, 0.717) is 32.7 Å². The Morgan fingerprint density at radius 1 is 1.20 bits per heavy atom. The minimum Gasteiger partial charge on any atom is -0.378 e. The van der Waals surface area contributed by atoms with Crippen molar-refractivity contribution in [2.75, 3.05) is 45.0 Å². The lowest BCUT2D eigenvalue weighted by Gasteiger charge is -2.34. The monoisotopic (exact) mass is 379 g/mol. The van der Waals surface area contributed by atoms with Crippen molar-refractivity contribution >= 4 is 21.7 Å². The lowest BCUT2D eigenvalue weighted by atomic mass is 9.83. The zero-order chi connectivity index (χ0) is 19.0. The normalized spacial score (nSPS) is 18.0. The molecule has 2 amide bonds. The molecule has 3 N–H and O–H groups in total. The maximum absolute atomic E-state index is 12.9. The third-order valence-corrected chi connectivity index (χ3v) is 4.75. The third-order valence-electron chi connectivity index (χ3n) is 4.03. The molecule has 146 valence electrons. The van der Waals surface area contributed by atoms with E-state index in [9.17, 15) is 18.0 Å². The molecule has 10 heteroatoms. The number of ether oxygens (including phenoxy) is 1. The molecule has 0 spiro atoms. The molecule has 2 atom stereocenters. The van der Waals surface area contributed by atoms with Crippen molar-refractivity contribution in [2.45, 2.75) is 20.3 Å². The van der Waals surface area contributed by atoms with Crippen LogP contribution in [0.3, 0.4) is 0 Å². The van der Waals surface area contributed by atoms with Gasteiger partial charge in [-0.2, -0.15) is 0 Å². The van der Waals surface area contributed by atoms with Crippen LogP contribution in [0.4, 0.5) is 0 Å². The first-order chi connectivity index (χ1) is 11.7. The Hall–Kier alpha value is -1.23. The van der Waals surface area contributed by atoms with E-state index in [1.54, 1.807) is 10.4 Å². The number of rotatable bonds is 9. The van der Waals surface area contributed by atoms with Crippen molar-refractivity contribution in [3.8, 4) is 0 Å². The number of carbonyl (C=O) groups is 2. The van der Waals surface area contributed by atoms with Crippen LogP contribution in [0.1, 0.15) is 20.3 Å². The fourth-order valence-corrected chi connectivity index (χ4v) is 3.35. The Bertz CT molecular complexity index is 545. The number of hydrogen-bond donors (Lipinski definition) is 3. The van der Waals surface area contributed by atoms with E-state index >= 15 is 0 Å². The van der Waals surface area contributed by atoms with Crippen molar-refractivity contribution in [3.63, 3.8) is 0 Å². The van der Waals surface area contributed by atoms with Gasteiger partial charge in [-0.3, -0.25) is 14.8 Å². The lowest BCUT2D eigenvalue weighted by molar-refractivity contribution is -0.148. The molecule has 0 aromatic carbocycles. The van der Waals surface area contributed by atoms with E-state index in [2.05, 4.69) is 5.32 Å². The standard InChI is InChI=1S/C15H29N3O6S/c1-11(2)8-12(15(20)18-4-6-24-7-5-18)13(14(19)17-21)9-16-10-25(3,22)23/h11-13,16,21H,4-10H2,1-3H3,(H,17,19)/t12-,13-/m1/s1. The first-order valence-corrected chi connectivity index (χ1v) is 10.4. The Labute approximate surface area is 149 Å². The largest absolute Gasteiger partial charge is 0.378 e. The fraction of sp³-hybridized carbons (Fsp3) is 0.867. The van der Waals surface area contributed by atoms with Crippen molar-refractivity contribution in [2.24, 2.45) is 17.8 Å². The van der Waals surface area contributed by atoms with Crippen LogP contribution in [0.25, 0.3) is 0 Å². The summed E-state index contributed by atoms with van der Waals surface area (Å²) in [6, 6.07) is 0. The highest BCUT2D eigenvalue weighted by atomic mass is 32.2. The van der Waals surface area contributed by atoms with E-state index in [0.717, 1.165) is 6.26 Å². The molecular weight excluding hydrogens is 350 g/mol. The summed E-state index contributed by atoms with van der Waals surface area (Å²) in [5.41, 5.74) is 1.60. The van der Waals surface area contributed by atoms with Crippen molar-refractivity contribution in [1.82, 2.24) is 15.7 Å². The summed E-state index contributed by atoms with van der Waals surface area (Å²) >= 11 is 0. The number of hydroxylamine groups is 1. The summed E-state index contributed by atoms with van der Waals surface area (Å²) in [5.74, 6) is -2.55. The first-order valence-electron chi connectivity index (χ1n) is 8.34. The van der Waals surface area contributed by atoms with Gasteiger partial charge in [-0.25, -0.2) is 13.9 Å². The number of carbonyl (C=O) groups excluding carboxylic acids is 2. The molecule has 9 nitrogen and oxygen atoms in total. The van der Waals surface area contributed by atoms with Gasteiger partial charge in [0.15, 0.2) is 9.84 Å². The SMILES string of the molecule is CC(C)C[C@@H](C(=O)N1CCOCC1)[C@@H](CNCS(C)(=O)=O)C(=O)NO. The molecule has 0 saturated carbocycles. The van der Waals surface area contributed by atoms with Gasteiger partial charge in [-0.1, -0.05) is 13.8 Å². The van der Waals surface area contributed by atoms with E-state index in [4.69, 9.17) is 9.94 Å². The molecule has 1 aliphatic rings. The molecule has 0 radical (unpaired) electrons. The highest BCUT2D eigenvalue weighted by Crippen LogP contribution is 2.24. The molecule has 0 unspecified atom stereocenters. The van der Waals surface area contributed by atoms with Crippen LogP contribution in [0.15, 0.2) is 0 Å². The predicted molar refractivity (Wildman–Crippen MR) is 91.5 cm³/mol. The molecule has 1 fully saturated rings. The maximum Gasteiger partial charge on any atom is 0.248 e. The number of sulfone groups is 1. The Kier molecular flexibility index (Phi) is 8.77. The fourth-order valence-electron chi connectivity index (χ4n) is 2.86. The van der Waals surface area contributed by atoms with E-state index in [-0.39, 0.29) is 24.2 Å². The second-order valence-electron chi connectivity index (χ2n) is 6.78. The average Bonchev–Trinajstić information content (AvgIpc) is 2.55. The summed E-state index contributed by atoms with van der Waals surface area (Å²) in [5, 5.41) is 11.7. The van der Waals surface area contributed by atoms with Gasteiger partial charge in [0.1, 0.15) is 0 Å². The quantitative estimate of drug-likeness (QED) is 0.354. The van der Waals surface area contributed by atoms with Gasteiger partial charge < -0.3 is 15.0 Å². The Morgan fingerprint density at radius 3 is 2.28 bits per heavy atom. The first kappa shape index (κ1) is 21.8. The summed E-state index contributed by atoms with van der Waals surface area (Å²) in [6.45, 7) is 5.67. The van der Waals surface area contributed by atoms with Crippen LogP contribution in [-0.2, 0) is 24.2 Å². The van der Waals surface area contributed by atoms with Crippen LogP contribution in [0, 0.1) is 17.8 Å². The highest BCUT2D eigenvalue weighted by molar-refractivity contribution is 7.90. The summed E-state index contributed by atoms with van der Waals surface area (Å²) in [7, 11) is -3.26. The summed E-state index contributed by atoms with van der Waals surface area (Å²) < 4.78 is 27.8. The van der Waals surface area contributed by atoms with Crippen LogP contribution >= 0.6 is 0 Å². The van der Waals surface area contributed by atoms with Gasteiger partial charge in [-0.15, -0.1) is 0 Å². The van der Waals surface area contributed by atoms with Crippen LogP contribution in [-0.4, -0.2) is 75.3 Å². The number of nitrogens with zero attached hydrogens (tertiary/aromatic N) is 1. The minimum atomic E-state index is -3.26. The molecule has 1 aliphatic heterocycles. The molecule has 0 aliphatic carbocycles. The van der Waals surface area contributed by atoms with Gasteiger partial charge in [0.05, 0.1) is 30.9 Å². The van der Waals surface area contributed by atoms with Gasteiger partial charge in [0.25, 0.3) is 0 Å². The number of morpholine rings is 1. The highest BCUT2D eigenvalue weighted by Gasteiger charge is 2.36. The number of hydrogen-bond acceptors (Lipinski definition) is 7. The van der Waals surface area contributed by atoms with Crippen molar-refractivity contribution in [3.05, 3.63) is 0 Å². The number of amides is 2. The second kappa shape index (κ2) is 10.0. The van der Waals surface area contributed by atoms with Gasteiger partial charge in [0.2, 0.25) is 11.8 Å². The second-order valence-corrected chi connectivity index (χ2v) is 8.92. The number of nitrogens with one attached hydrogen (secondary N) is 2. The van der Waals surface area contributed by atoms with Crippen LogP contribution in [0.2, 0.25) is 0 Å². The third kappa shape index (κ3) is 7.68. The van der Waals surface area contributed by atoms with E-state index in [1.165, 1.54) is 0 Å². The molecule has 1 saturated heterocycles. The zero-order valence-corrected chi connectivity index (χ0v) is 15.8. The molecule has 0 aromatic rings. The van der Waals surface area contributed by atoms with E-state index < -0.39 is 27.6 Å². The Balaban J connectivity index is 2.93. The van der Waals surface area contributed by atoms with Crippen molar-refractivity contribution in [1.29, 1.82) is 0 Å². The summed E-state index contributed by atoms with van der Waals surface area (Å²) in [4.78, 5) is 26.7. The van der Waals surface area contributed by atoms with Gasteiger partial charge in [0, 0.05) is 25.9 Å². The van der Waals surface area contributed by atoms with Gasteiger partial charge >= 0.3 is 0 Å². The molecule has 1 rings (SSSR count). The molecule has 1 heterocycles. The van der Waals surface area contributed by atoms with Crippen LogP contribution < -0.4 is 10.8 Å². The topological polar surface area (TPSA) is 125 Å². The Morgan fingerprint density at radius 2 is 1.80 bits per heavy atom. The predicted octanol–water partition coefficient (Wildman–Crippen LogP) is -0.779.